The molecule has 2 unspecified atom stereocenters. The number of aromatic nitrogens is 1. The first kappa shape index (κ1) is 15.8. The zero-order valence-electron chi connectivity index (χ0n) is 14.2. The summed E-state index contributed by atoms with van der Waals surface area (Å²) in [4.78, 5) is 9.56. The lowest BCUT2D eigenvalue weighted by Gasteiger charge is -2.39. The molecule has 2 fully saturated rings. The van der Waals surface area contributed by atoms with E-state index in [1.807, 2.05) is 6.20 Å². The third-order valence-electron chi connectivity index (χ3n) is 4.85. The Hall–Kier alpha value is -1.13. The Balaban J connectivity index is 1.49. The average Bonchev–Trinajstić information content (AvgIpc) is 2.47. The van der Waals surface area contributed by atoms with E-state index < -0.39 is 0 Å². The Bertz CT molecular complexity index is 475. The van der Waals surface area contributed by atoms with Crippen molar-refractivity contribution < 1.29 is 4.74 Å². The second kappa shape index (κ2) is 6.97. The number of piperidine rings is 1. The molecule has 0 bridgehead atoms. The second-order valence-corrected chi connectivity index (χ2v) is 7.10. The van der Waals surface area contributed by atoms with E-state index in [-0.39, 0.29) is 0 Å². The molecule has 0 amide bonds. The molecular weight excluding hydrogens is 274 g/mol. The molecule has 2 saturated heterocycles. The first-order chi connectivity index (χ1) is 10.6. The minimum Gasteiger partial charge on any atom is -0.373 e. The van der Waals surface area contributed by atoms with Crippen LogP contribution in [-0.4, -0.2) is 54.8 Å². The van der Waals surface area contributed by atoms with Gasteiger partial charge in [-0.05, 0) is 57.2 Å². The van der Waals surface area contributed by atoms with Crippen molar-refractivity contribution >= 4 is 5.82 Å². The molecule has 0 saturated carbocycles. The van der Waals surface area contributed by atoms with Crippen molar-refractivity contribution in [3.05, 3.63) is 23.9 Å². The van der Waals surface area contributed by atoms with E-state index in [0.29, 0.717) is 12.2 Å². The van der Waals surface area contributed by atoms with Crippen molar-refractivity contribution in [1.82, 2.24) is 9.88 Å². The summed E-state index contributed by atoms with van der Waals surface area (Å²) in [6.45, 7) is 12.2. The van der Waals surface area contributed by atoms with Gasteiger partial charge in [-0.15, -0.1) is 0 Å². The van der Waals surface area contributed by atoms with Gasteiger partial charge in [0.15, 0.2) is 0 Å². The van der Waals surface area contributed by atoms with Gasteiger partial charge in [-0.25, -0.2) is 4.98 Å². The molecule has 0 N–H and O–H groups in total. The summed E-state index contributed by atoms with van der Waals surface area (Å²) in [5.41, 5.74) is 1.29. The van der Waals surface area contributed by atoms with Crippen LogP contribution >= 0.6 is 0 Å². The average molecular weight is 303 g/mol. The van der Waals surface area contributed by atoms with Gasteiger partial charge in [0, 0.05) is 38.9 Å². The van der Waals surface area contributed by atoms with E-state index >= 15 is 0 Å². The largest absolute Gasteiger partial charge is 0.373 e. The summed E-state index contributed by atoms with van der Waals surface area (Å²) in [7, 11) is 0. The number of nitrogens with zero attached hydrogens (tertiary/aromatic N) is 3. The van der Waals surface area contributed by atoms with Gasteiger partial charge >= 0.3 is 0 Å². The molecule has 1 aromatic heterocycles. The molecule has 122 valence electrons. The fourth-order valence-corrected chi connectivity index (χ4v) is 3.84. The van der Waals surface area contributed by atoms with Gasteiger partial charge in [0.2, 0.25) is 0 Å². The molecule has 0 spiro atoms. The number of aryl methyl sites for hydroxylation is 1. The minimum absolute atomic E-state index is 0.375. The normalized spacial score (nSPS) is 28.0. The number of rotatable bonds is 3. The van der Waals surface area contributed by atoms with Crippen LogP contribution in [-0.2, 0) is 4.74 Å². The lowest BCUT2D eigenvalue weighted by molar-refractivity contribution is -0.0720. The van der Waals surface area contributed by atoms with Crippen LogP contribution in [0.5, 0.6) is 0 Å². The number of pyridine rings is 1. The molecule has 22 heavy (non-hydrogen) atoms. The summed E-state index contributed by atoms with van der Waals surface area (Å²) >= 11 is 0. The van der Waals surface area contributed by atoms with Gasteiger partial charge in [-0.3, -0.25) is 4.90 Å². The zero-order chi connectivity index (χ0) is 15.5. The van der Waals surface area contributed by atoms with Crippen LogP contribution in [0.15, 0.2) is 18.3 Å². The van der Waals surface area contributed by atoms with Crippen molar-refractivity contribution in [2.45, 2.75) is 45.8 Å². The highest BCUT2D eigenvalue weighted by atomic mass is 16.5. The zero-order valence-corrected chi connectivity index (χ0v) is 14.2. The predicted octanol–water partition coefficient (Wildman–Crippen LogP) is 2.72. The van der Waals surface area contributed by atoms with Crippen LogP contribution in [0.1, 0.15) is 32.3 Å². The van der Waals surface area contributed by atoms with Crippen LogP contribution in [0.25, 0.3) is 0 Å². The van der Waals surface area contributed by atoms with Crippen LogP contribution in [0.2, 0.25) is 0 Å². The third-order valence-corrected chi connectivity index (χ3v) is 4.85. The Morgan fingerprint density at radius 1 is 1.18 bits per heavy atom. The molecule has 3 rings (SSSR count). The van der Waals surface area contributed by atoms with Crippen molar-refractivity contribution in [1.29, 1.82) is 0 Å². The summed E-state index contributed by atoms with van der Waals surface area (Å²) in [5.74, 6) is 1.96. The SMILES string of the molecule is Cc1ccnc(N2CCC(CN3CC(C)OC(C)C3)CC2)c1. The molecule has 2 aliphatic heterocycles. The highest BCUT2D eigenvalue weighted by Crippen LogP contribution is 2.24. The Morgan fingerprint density at radius 3 is 2.50 bits per heavy atom. The van der Waals surface area contributed by atoms with E-state index in [2.05, 4.69) is 47.7 Å². The Kier molecular flexibility index (Phi) is 4.99. The standard InChI is InChI=1S/C18H29N3O/c1-14-4-7-19-18(10-14)21-8-5-17(6-9-21)13-20-11-15(2)22-16(3)12-20/h4,7,10,15-17H,5-6,8-9,11-13H2,1-3H3. The molecule has 0 aliphatic carbocycles. The summed E-state index contributed by atoms with van der Waals surface area (Å²) in [5, 5.41) is 0. The predicted molar refractivity (Wildman–Crippen MR) is 90.4 cm³/mol. The van der Waals surface area contributed by atoms with Gasteiger partial charge in [0.05, 0.1) is 12.2 Å². The van der Waals surface area contributed by atoms with Crippen molar-refractivity contribution in [2.24, 2.45) is 5.92 Å². The second-order valence-electron chi connectivity index (χ2n) is 7.10. The first-order valence-electron chi connectivity index (χ1n) is 8.65. The highest BCUT2D eigenvalue weighted by Gasteiger charge is 2.26. The molecular formula is C18H29N3O. The Morgan fingerprint density at radius 2 is 1.86 bits per heavy atom. The molecule has 0 radical (unpaired) electrons. The van der Waals surface area contributed by atoms with Crippen molar-refractivity contribution in [2.75, 3.05) is 37.6 Å². The van der Waals surface area contributed by atoms with Crippen LogP contribution < -0.4 is 4.90 Å². The monoisotopic (exact) mass is 303 g/mol. The van der Waals surface area contributed by atoms with E-state index in [0.717, 1.165) is 37.9 Å². The molecule has 2 atom stereocenters. The van der Waals surface area contributed by atoms with E-state index in [4.69, 9.17) is 4.74 Å². The quantitative estimate of drug-likeness (QED) is 0.858. The molecule has 4 heteroatoms. The number of morpholine rings is 1. The summed E-state index contributed by atoms with van der Waals surface area (Å²) in [6, 6.07) is 4.27. The van der Waals surface area contributed by atoms with Crippen LogP contribution in [0.4, 0.5) is 5.82 Å². The molecule has 3 heterocycles. The fraction of sp³-hybridized carbons (Fsp3) is 0.722. The van der Waals surface area contributed by atoms with E-state index in [9.17, 15) is 0 Å². The van der Waals surface area contributed by atoms with Gasteiger partial charge < -0.3 is 9.64 Å². The minimum atomic E-state index is 0.375. The van der Waals surface area contributed by atoms with Crippen LogP contribution in [0.3, 0.4) is 0 Å². The molecule has 1 aromatic rings. The maximum Gasteiger partial charge on any atom is 0.128 e. The summed E-state index contributed by atoms with van der Waals surface area (Å²) in [6.07, 6.45) is 5.22. The molecule has 0 aromatic carbocycles. The maximum atomic E-state index is 5.83. The number of hydrogen-bond acceptors (Lipinski definition) is 4. The summed E-state index contributed by atoms with van der Waals surface area (Å²) < 4.78 is 5.83. The topological polar surface area (TPSA) is 28.6 Å². The maximum absolute atomic E-state index is 5.83. The highest BCUT2D eigenvalue weighted by molar-refractivity contribution is 5.40. The smallest absolute Gasteiger partial charge is 0.128 e. The lowest BCUT2D eigenvalue weighted by Crippen LogP contribution is -2.48. The number of anilines is 1. The Labute approximate surface area is 134 Å². The lowest BCUT2D eigenvalue weighted by atomic mass is 9.95. The van der Waals surface area contributed by atoms with Crippen LogP contribution in [0, 0.1) is 12.8 Å². The van der Waals surface area contributed by atoms with Gasteiger partial charge in [0.25, 0.3) is 0 Å². The molecule has 2 aliphatic rings. The van der Waals surface area contributed by atoms with E-state index in [1.54, 1.807) is 0 Å². The van der Waals surface area contributed by atoms with Gasteiger partial charge in [0.1, 0.15) is 5.82 Å². The fourth-order valence-electron chi connectivity index (χ4n) is 3.84. The third kappa shape index (κ3) is 3.99. The number of ether oxygens (including phenoxy) is 1. The first-order valence-corrected chi connectivity index (χ1v) is 8.65. The van der Waals surface area contributed by atoms with Gasteiger partial charge in [-0.2, -0.15) is 0 Å². The molecule has 4 nitrogen and oxygen atoms in total. The van der Waals surface area contributed by atoms with Gasteiger partial charge in [-0.1, -0.05) is 0 Å². The van der Waals surface area contributed by atoms with Crippen molar-refractivity contribution in [3.8, 4) is 0 Å². The van der Waals surface area contributed by atoms with Crippen molar-refractivity contribution in [3.63, 3.8) is 0 Å². The number of hydrogen-bond donors (Lipinski definition) is 0. The van der Waals surface area contributed by atoms with E-state index in [1.165, 1.54) is 24.9 Å².